The Labute approximate surface area is 176 Å². The highest BCUT2D eigenvalue weighted by Gasteiger charge is 2.29. The van der Waals surface area contributed by atoms with Crippen LogP contribution in [0.1, 0.15) is 44.1 Å². The summed E-state index contributed by atoms with van der Waals surface area (Å²) in [6, 6.07) is 14.5. The highest BCUT2D eigenvalue weighted by molar-refractivity contribution is 5.77. The number of likely N-dealkylation sites (N-methyl/N-ethyl adjacent to an activating group) is 1. The van der Waals surface area contributed by atoms with E-state index in [0.717, 1.165) is 0 Å². The number of carbonyl (C=O) groups excluding carboxylic acids is 2. The third-order valence-electron chi connectivity index (χ3n) is 4.20. The van der Waals surface area contributed by atoms with Gasteiger partial charge < -0.3 is 19.1 Å². The molecule has 0 aliphatic heterocycles. The molecule has 7 heteroatoms. The van der Waals surface area contributed by atoms with Crippen molar-refractivity contribution < 1.29 is 28.2 Å². The molecule has 0 radical (unpaired) electrons. The SMILES string of the molecule is CO[C@H](C(=O)O[C@@H](CN(C)C(=O)OC(C)(C)C)c1ccc(F)cc1)c1ccccc1. The van der Waals surface area contributed by atoms with Crippen molar-refractivity contribution in [3.63, 3.8) is 0 Å². The van der Waals surface area contributed by atoms with Crippen LogP contribution in [0.3, 0.4) is 0 Å². The van der Waals surface area contributed by atoms with E-state index in [2.05, 4.69) is 0 Å². The molecule has 6 nitrogen and oxygen atoms in total. The highest BCUT2D eigenvalue weighted by atomic mass is 19.1. The molecule has 2 aromatic carbocycles. The Bertz CT molecular complexity index is 833. The normalized spacial score (nSPS) is 13.3. The zero-order chi connectivity index (χ0) is 22.3. The Kier molecular flexibility index (Phi) is 7.94. The summed E-state index contributed by atoms with van der Waals surface area (Å²) in [6.45, 7) is 5.31. The van der Waals surface area contributed by atoms with Crippen molar-refractivity contribution in [3.05, 3.63) is 71.5 Å². The average molecular weight is 417 g/mol. The van der Waals surface area contributed by atoms with Crippen molar-refractivity contribution >= 4 is 12.1 Å². The van der Waals surface area contributed by atoms with Gasteiger partial charge in [-0.1, -0.05) is 42.5 Å². The van der Waals surface area contributed by atoms with Crippen molar-refractivity contribution in [3.8, 4) is 0 Å². The van der Waals surface area contributed by atoms with Crippen LogP contribution in [-0.2, 0) is 19.0 Å². The fourth-order valence-electron chi connectivity index (χ4n) is 2.75. The molecular formula is C23H28FNO5. The maximum atomic E-state index is 13.4. The molecule has 0 bridgehead atoms. The van der Waals surface area contributed by atoms with Crippen molar-refractivity contribution in [2.45, 2.75) is 38.6 Å². The molecule has 2 aromatic rings. The smallest absolute Gasteiger partial charge is 0.410 e. The Hall–Kier alpha value is -2.93. The van der Waals surface area contributed by atoms with Crippen LogP contribution in [0.15, 0.2) is 54.6 Å². The quantitative estimate of drug-likeness (QED) is 0.613. The summed E-state index contributed by atoms with van der Waals surface area (Å²) in [5.41, 5.74) is 0.522. The van der Waals surface area contributed by atoms with Gasteiger partial charge in [0.2, 0.25) is 0 Å². The van der Waals surface area contributed by atoms with E-state index in [0.29, 0.717) is 11.1 Å². The molecule has 2 rings (SSSR count). The molecule has 0 fully saturated rings. The van der Waals surface area contributed by atoms with Crippen molar-refractivity contribution in [1.82, 2.24) is 4.90 Å². The van der Waals surface area contributed by atoms with E-state index in [1.807, 2.05) is 6.07 Å². The van der Waals surface area contributed by atoms with E-state index < -0.39 is 35.7 Å². The second-order valence-corrected chi connectivity index (χ2v) is 7.86. The van der Waals surface area contributed by atoms with E-state index in [-0.39, 0.29) is 6.54 Å². The minimum absolute atomic E-state index is 0.0253. The molecule has 1 amide bonds. The first-order chi connectivity index (χ1) is 14.1. The second-order valence-electron chi connectivity index (χ2n) is 7.86. The van der Waals surface area contributed by atoms with Crippen molar-refractivity contribution in [2.75, 3.05) is 20.7 Å². The molecule has 30 heavy (non-hydrogen) atoms. The summed E-state index contributed by atoms with van der Waals surface area (Å²) in [5, 5.41) is 0. The topological polar surface area (TPSA) is 65.1 Å². The number of rotatable bonds is 7. The molecular weight excluding hydrogens is 389 g/mol. The van der Waals surface area contributed by atoms with E-state index in [4.69, 9.17) is 14.2 Å². The molecule has 0 saturated carbocycles. The highest BCUT2D eigenvalue weighted by Crippen LogP contribution is 2.25. The summed E-state index contributed by atoms with van der Waals surface area (Å²) >= 11 is 0. The fourth-order valence-corrected chi connectivity index (χ4v) is 2.75. The van der Waals surface area contributed by atoms with Gasteiger partial charge in [0.15, 0.2) is 6.10 Å². The predicted octanol–water partition coefficient (Wildman–Crippen LogP) is 4.66. The largest absolute Gasteiger partial charge is 0.453 e. The first-order valence-corrected chi connectivity index (χ1v) is 9.58. The number of nitrogens with zero attached hydrogens (tertiary/aromatic N) is 1. The summed E-state index contributed by atoms with van der Waals surface area (Å²) < 4.78 is 29.8. The van der Waals surface area contributed by atoms with E-state index in [9.17, 15) is 14.0 Å². The average Bonchev–Trinajstić information content (AvgIpc) is 2.68. The molecule has 0 N–H and O–H groups in total. The summed E-state index contributed by atoms with van der Waals surface area (Å²) in [5.74, 6) is -1.03. The van der Waals surface area contributed by atoms with Crippen LogP contribution >= 0.6 is 0 Å². The molecule has 162 valence electrons. The first kappa shape index (κ1) is 23.3. The monoisotopic (exact) mass is 417 g/mol. The molecule has 2 atom stereocenters. The Morgan fingerprint density at radius 2 is 1.60 bits per heavy atom. The molecule has 0 aliphatic carbocycles. The lowest BCUT2D eigenvalue weighted by molar-refractivity contribution is -0.162. The number of ether oxygens (including phenoxy) is 3. The number of hydrogen-bond donors (Lipinski definition) is 0. The summed E-state index contributed by atoms with van der Waals surface area (Å²) in [6.07, 6.45) is -2.32. The van der Waals surface area contributed by atoms with Crippen LogP contribution in [0.5, 0.6) is 0 Å². The standard InChI is InChI=1S/C23H28FNO5/c1-23(2,3)30-22(27)25(4)15-19(16-11-13-18(24)14-12-16)29-21(26)20(28-5)17-9-7-6-8-10-17/h6-14,19-20H,15H2,1-5H3/t19-,20-/m0/s1. The van der Waals surface area contributed by atoms with Crippen LogP contribution in [0.4, 0.5) is 9.18 Å². The van der Waals surface area contributed by atoms with Crippen LogP contribution in [0.25, 0.3) is 0 Å². The zero-order valence-corrected chi connectivity index (χ0v) is 17.9. The molecule has 0 aliphatic rings. The van der Waals surface area contributed by atoms with Gasteiger partial charge in [0.1, 0.15) is 17.5 Å². The zero-order valence-electron chi connectivity index (χ0n) is 17.9. The Balaban J connectivity index is 2.22. The molecule has 0 heterocycles. The van der Waals surface area contributed by atoms with Gasteiger partial charge in [-0.15, -0.1) is 0 Å². The molecule has 0 unspecified atom stereocenters. The van der Waals surface area contributed by atoms with Crippen LogP contribution in [0.2, 0.25) is 0 Å². The van der Waals surface area contributed by atoms with Gasteiger partial charge in [-0.25, -0.2) is 14.0 Å². The lowest BCUT2D eigenvalue weighted by Gasteiger charge is -2.28. The van der Waals surface area contributed by atoms with Gasteiger partial charge in [-0.3, -0.25) is 0 Å². The number of hydrogen-bond acceptors (Lipinski definition) is 5. The van der Waals surface area contributed by atoms with E-state index >= 15 is 0 Å². The Morgan fingerprint density at radius 3 is 2.13 bits per heavy atom. The lowest BCUT2D eigenvalue weighted by atomic mass is 10.1. The lowest BCUT2D eigenvalue weighted by Crippen LogP contribution is -2.37. The third kappa shape index (κ3) is 6.84. The number of halogens is 1. The van der Waals surface area contributed by atoms with Gasteiger partial charge in [-0.05, 0) is 44.0 Å². The summed E-state index contributed by atoms with van der Waals surface area (Å²) in [4.78, 5) is 26.5. The predicted molar refractivity (Wildman–Crippen MR) is 110 cm³/mol. The molecule has 0 spiro atoms. The maximum Gasteiger partial charge on any atom is 0.410 e. The first-order valence-electron chi connectivity index (χ1n) is 9.58. The number of esters is 1. The maximum absolute atomic E-state index is 13.4. The van der Waals surface area contributed by atoms with Gasteiger partial charge >= 0.3 is 12.1 Å². The minimum Gasteiger partial charge on any atom is -0.453 e. The van der Waals surface area contributed by atoms with E-state index in [1.54, 1.807) is 52.1 Å². The second kappa shape index (κ2) is 10.2. The van der Waals surface area contributed by atoms with E-state index in [1.165, 1.54) is 36.3 Å². The van der Waals surface area contributed by atoms with Crippen molar-refractivity contribution in [1.29, 1.82) is 0 Å². The number of methoxy groups -OCH3 is 1. The molecule has 0 saturated heterocycles. The van der Waals surface area contributed by atoms with Crippen LogP contribution < -0.4 is 0 Å². The van der Waals surface area contributed by atoms with Crippen molar-refractivity contribution in [2.24, 2.45) is 0 Å². The fraction of sp³-hybridized carbons (Fsp3) is 0.391. The van der Waals surface area contributed by atoms with Gasteiger partial charge in [0, 0.05) is 14.2 Å². The molecule has 0 aromatic heterocycles. The van der Waals surface area contributed by atoms with Gasteiger partial charge in [0.25, 0.3) is 0 Å². The third-order valence-corrected chi connectivity index (χ3v) is 4.20. The van der Waals surface area contributed by atoms with Crippen LogP contribution in [-0.4, -0.2) is 43.3 Å². The van der Waals surface area contributed by atoms with Gasteiger partial charge in [-0.2, -0.15) is 0 Å². The van der Waals surface area contributed by atoms with Crippen LogP contribution in [0, 0.1) is 5.82 Å². The summed E-state index contributed by atoms with van der Waals surface area (Å²) in [7, 11) is 2.96. The number of amides is 1. The Morgan fingerprint density at radius 1 is 1.00 bits per heavy atom. The minimum atomic E-state index is -0.930. The number of benzene rings is 2. The number of carbonyl (C=O) groups is 2. The van der Waals surface area contributed by atoms with Gasteiger partial charge in [0.05, 0.1) is 6.54 Å².